The van der Waals surface area contributed by atoms with E-state index < -0.39 is 17.3 Å². The highest BCUT2D eigenvalue weighted by Gasteiger charge is 2.39. The molecular weight excluding hydrogens is 410 g/mol. The molecule has 1 aromatic carbocycles. The Morgan fingerprint density at radius 1 is 1.23 bits per heavy atom. The van der Waals surface area contributed by atoms with E-state index in [1.54, 1.807) is 59.8 Å². The summed E-state index contributed by atoms with van der Waals surface area (Å²) in [6, 6.07) is 8.06. The van der Waals surface area contributed by atoms with E-state index in [0.717, 1.165) is 4.52 Å². The number of hydrogen-bond acceptors (Lipinski definition) is 2. The van der Waals surface area contributed by atoms with Gasteiger partial charge in [-0.25, -0.2) is 9.50 Å². The Balaban J connectivity index is 2.50. The lowest BCUT2D eigenvalue weighted by atomic mass is 10.1. The highest BCUT2D eigenvalue weighted by Crippen LogP contribution is 2.36. The van der Waals surface area contributed by atoms with Gasteiger partial charge in [0.1, 0.15) is 5.69 Å². The zero-order valence-corrected chi connectivity index (χ0v) is 13.4. The van der Waals surface area contributed by atoms with Crippen molar-refractivity contribution in [3.05, 3.63) is 55.5 Å². The van der Waals surface area contributed by atoms with Gasteiger partial charge in [-0.3, -0.25) is 9.89 Å². The first-order chi connectivity index (χ1) is 10.3. The van der Waals surface area contributed by atoms with Gasteiger partial charge in [-0.05, 0) is 29.5 Å². The molecule has 0 amide bonds. The number of nitrogens with zero attached hydrogens (tertiary/aromatic N) is 2. The molecule has 0 saturated carbocycles. The van der Waals surface area contributed by atoms with E-state index in [0.29, 0.717) is 14.8 Å². The monoisotopic (exact) mass is 419 g/mol. The lowest BCUT2D eigenvalue weighted by Gasteiger charge is -2.08. The van der Waals surface area contributed by atoms with Gasteiger partial charge in [0.15, 0.2) is 5.69 Å². The predicted octanol–water partition coefficient (Wildman–Crippen LogP) is 3.62. The third kappa shape index (κ3) is 2.31. The molecule has 1 N–H and O–H groups in total. The van der Waals surface area contributed by atoms with Crippen LogP contribution in [0.3, 0.4) is 0 Å². The standard InChI is InChI=1S/C14H9F3IN3O/c1-7-9(18)11(22)13-19-12(14(15,16)17)10(21(13)20-7)8-5-3-2-4-6-8/h2-6,20H,1H3. The van der Waals surface area contributed by atoms with Crippen molar-refractivity contribution in [2.24, 2.45) is 0 Å². The minimum absolute atomic E-state index is 0.167. The Morgan fingerprint density at radius 3 is 2.45 bits per heavy atom. The summed E-state index contributed by atoms with van der Waals surface area (Å²) in [4.78, 5) is 15.7. The molecule has 2 aromatic heterocycles. The number of rotatable bonds is 1. The predicted molar refractivity (Wildman–Crippen MR) is 83.7 cm³/mol. The van der Waals surface area contributed by atoms with Gasteiger partial charge in [-0.15, -0.1) is 0 Å². The number of aromatic nitrogens is 3. The number of halogens is 4. The van der Waals surface area contributed by atoms with Crippen LogP contribution in [0.25, 0.3) is 16.9 Å². The first kappa shape index (κ1) is 15.1. The third-order valence-electron chi connectivity index (χ3n) is 3.20. The first-order valence-electron chi connectivity index (χ1n) is 6.24. The molecule has 114 valence electrons. The quantitative estimate of drug-likeness (QED) is 0.613. The number of fused-ring (bicyclic) bond motifs is 1. The molecule has 0 bridgehead atoms. The Morgan fingerprint density at radius 2 is 1.86 bits per heavy atom. The van der Waals surface area contributed by atoms with Crippen molar-refractivity contribution in [2.45, 2.75) is 13.1 Å². The molecule has 0 saturated heterocycles. The van der Waals surface area contributed by atoms with Crippen LogP contribution in [0.1, 0.15) is 11.4 Å². The molecule has 0 unspecified atom stereocenters. The molecule has 0 spiro atoms. The fraction of sp³-hybridized carbons (Fsp3) is 0.143. The van der Waals surface area contributed by atoms with Crippen molar-refractivity contribution in [2.75, 3.05) is 0 Å². The zero-order chi connectivity index (χ0) is 16.1. The molecular formula is C14H9F3IN3O. The topological polar surface area (TPSA) is 50.2 Å². The molecule has 0 atom stereocenters. The van der Waals surface area contributed by atoms with E-state index in [9.17, 15) is 18.0 Å². The van der Waals surface area contributed by atoms with Gasteiger partial charge >= 0.3 is 6.18 Å². The van der Waals surface area contributed by atoms with E-state index in [4.69, 9.17) is 0 Å². The second-order valence-corrected chi connectivity index (χ2v) is 5.79. The van der Waals surface area contributed by atoms with E-state index in [2.05, 4.69) is 10.1 Å². The number of H-pyrrole nitrogens is 1. The Labute approximate surface area is 136 Å². The highest BCUT2D eigenvalue weighted by atomic mass is 127. The average molecular weight is 419 g/mol. The van der Waals surface area contributed by atoms with Crippen molar-refractivity contribution in [3.8, 4) is 11.3 Å². The van der Waals surface area contributed by atoms with Crippen LogP contribution in [-0.4, -0.2) is 14.6 Å². The van der Waals surface area contributed by atoms with Crippen molar-refractivity contribution >= 4 is 28.2 Å². The summed E-state index contributed by atoms with van der Waals surface area (Å²) in [7, 11) is 0. The summed E-state index contributed by atoms with van der Waals surface area (Å²) >= 11 is 1.80. The van der Waals surface area contributed by atoms with Gasteiger partial charge in [0.25, 0.3) is 0 Å². The second kappa shape index (κ2) is 5.11. The van der Waals surface area contributed by atoms with Crippen LogP contribution in [0.15, 0.2) is 35.1 Å². The molecule has 4 nitrogen and oxygen atoms in total. The number of imidazole rings is 1. The molecule has 8 heteroatoms. The number of aromatic amines is 1. The van der Waals surface area contributed by atoms with E-state index in [1.165, 1.54) is 0 Å². The number of alkyl halides is 3. The lowest BCUT2D eigenvalue weighted by Crippen LogP contribution is -2.14. The van der Waals surface area contributed by atoms with Crippen LogP contribution in [0.5, 0.6) is 0 Å². The van der Waals surface area contributed by atoms with Gasteiger partial charge in [0.2, 0.25) is 11.1 Å². The minimum Gasteiger partial charge on any atom is -0.295 e. The van der Waals surface area contributed by atoms with Crippen LogP contribution in [0.4, 0.5) is 13.2 Å². The van der Waals surface area contributed by atoms with E-state index in [-0.39, 0.29) is 11.3 Å². The Bertz CT molecular complexity index is 913. The minimum atomic E-state index is -4.66. The third-order valence-corrected chi connectivity index (χ3v) is 4.50. The van der Waals surface area contributed by atoms with E-state index >= 15 is 0 Å². The van der Waals surface area contributed by atoms with Crippen LogP contribution in [-0.2, 0) is 6.18 Å². The van der Waals surface area contributed by atoms with Crippen LogP contribution in [0, 0.1) is 10.5 Å². The number of benzene rings is 1. The molecule has 0 radical (unpaired) electrons. The maximum Gasteiger partial charge on any atom is 0.435 e. The highest BCUT2D eigenvalue weighted by molar-refractivity contribution is 14.1. The summed E-state index contributed by atoms with van der Waals surface area (Å²) in [6.45, 7) is 1.63. The molecule has 0 aliphatic carbocycles. The number of hydrogen-bond donors (Lipinski definition) is 1. The Hall–Kier alpha value is -1.84. The maximum atomic E-state index is 13.3. The van der Waals surface area contributed by atoms with Crippen molar-refractivity contribution in [3.63, 3.8) is 0 Å². The SMILES string of the molecule is Cc1[nH]n2c(-c3ccccc3)c(C(F)(F)F)nc2c(=O)c1I. The van der Waals surface area contributed by atoms with Gasteiger partial charge < -0.3 is 0 Å². The van der Waals surface area contributed by atoms with Gasteiger partial charge in [-0.1, -0.05) is 30.3 Å². The van der Waals surface area contributed by atoms with Gasteiger partial charge in [-0.2, -0.15) is 13.2 Å². The summed E-state index contributed by atoms with van der Waals surface area (Å²) in [6.07, 6.45) is -4.66. The zero-order valence-electron chi connectivity index (χ0n) is 11.2. The Kier molecular flexibility index (Phi) is 3.50. The fourth-order valence-electron chi connectivity index (χ4n) is 2.23. The fourth-order valence-corrected chi connectivity index (χ4v) is 2.59. The summed E-state index contributed by atoms with van der Waals surface area (Å²) < 4.78 is 41.4. The molecule has 3 rings (SSSR count). The summed E-state index contributed by atoms with van der Waals surface area (Å²) in [5, 5.41) is 2.81. The lowest BCUT2D eigenvalue weighted by molar-refractivity contribution is -0.140. The molecule has 2 heterocycles. The number of nitrogens with one attached hydrogen (secondary N) is 1. The molecule has 0 aliphatic rings. The largest absolute Gasteiger partial charge is 0.435 e. The normalized spacial score (nSPS) is 12.0. The van der Waals surface area contributed by atoms with Crippen LogP contribution < -0.4 is 5.43 Å². The smallest absolute Gasteiger partial charge is 0.295 e. The van der Waals surface area contributed by atoms with Crippen LogP contribution >= 0.6 is 22.6 Å². The average Bonchev–Trinajstić information content (AvgIpc) is 2.85. The molecule has 22 heavy (non-hydrogen) atoms. The molecule has 3 aromatic rings. The summed E-state index contributed by atoms with van der Waals surface area (Å²) in [5.74, 6) is 0. The van der Waals surface area contributed by atoms with Crippen molar-refractivity contribution in [1.29, 1.82) is 0 Å². The van der Waals surface area contributed by atoms with Crippen LogP contribution in [0.2, 0.25) is 0 Å². The maximum absolute atomic E-state index is 13.3. The van der Waals surface area contributed by atoms with E-state index in [1.807, 2.05) is 0 Å². The van der Waals surface area contributed by atoms with Crippen molar-refractivity contribution in [1.82, 2.24) is 14.6 Å². The second-order valence-electron chi connectivity index (χ2n) is 4.71. The molecule has 0 fully saturated rings. The van der Waals surface area contributed by atoms with Gasteiger partial charge in [0.05, 0.1) is 3.57 Å². The van der Waals surface area contributed by atoms with Crippen molar-refractivity contribution < 1.29 is 13.2 Å². The number of aryl methyl sites for hydroxylation is 1. The van der Waals surface area contributed by atoms with Gasteiger partial charge in [0, 0.05) is 11.3 Å². The first-order valence-corrected chi connectivity index (χ1v) is 7.32. The summed E-state index contributed by atoms with van der Waals surface area (Å²) in [5.41, 5.74) is -1.21. The molecule has 0 aliphatic heterocycles.